The minimum absolute atomic E-state index is 0.380. The van der Waals surface area contributed by atoms with Crippen LogP contribution in [0.3, 0.4) is 0 Å². The van der Waals surface area contributed by atoms with E-state index in [0.29, 0.717) is 6.10 Å². The van der Waals surface area contributed by atoms with E-state index < -0.39 is 0 Å². The Kier molecular flexibility index (Phi) is 5.75. The lowest BCUT2D eigenvalue weighted by molar-refractivity contribution is 0.0937. The van der Waals surface area contributed by atoms with Crippen LogP contribution in [0.2, 0.25) is 0 Å². The van der Waals surface area contributed by atoms with Gasteiger partial charge in [0.15, 0.2) is 5.82 Å². The fourth-order valence-electron chi connectivity index (χ4n) is 4.85. The summed E-state index contributed by atoms with van der Waals surface area (Å²) in [5, 5.41) is 0. The Morgan fingerprint density at radius 3 is 1.93 bits per heavy atom. The summed E-state index contributed by atoms with van der Waals surface area (Å²) in [6.45, 7) is 4.42. The molecule has 4 rings (SSSR count). The van der Waals surface area contributed by atoms with Gasteiger partial charge in [-0.3, -0.25) is 0 Å². The molecule has 0 radical (unpaired) electrons. The predicted molar refractivity (Wildman–Crippen MR) is 110 cm³/mol. The van der Waals surface area contributed by atoms with E-state index in [2.05, 4.69) is 41.2 Å². The van der Waals surface area contributed by atoms with Gasteiger partial charge in [-0.05, 0) is 93.0 Å². The Morgan fingerprint density at radius 1 is 0.778 bits per heavy atom. The zero-order valence-electron chi connectivity index (χ0n) is 16.7. The fourth-order valence-corrected chi connectivity index (χ4v) is 4.85. The molecule has 1 aromatic heterocycles. The molecule has 0 aliphatic heterocycles. The Labute approximate surface area is 163 Å². The molecule has 27 heavy (non-hydrogen) atoms. The molecule has 2 aliphatic rings. The lowest BCUT2D eigenvalue weighted by atomic mass is 9.71. The number of nitrogens with zero attached hydrogens (tertiary/aromatic N) is 2. The van der Waals surface area contributed by atoms with Gasteiger partial charge in [0.25, 0.3) is 0 Å². The summed E-state index contributed by atoms with van der Waals surface area (Å²) in [6.07, 6.45) is 15.0. The van der Waals surface area contributed by atoms with Crippen molar-refractivity contribution in [2.24, 2.45) is 17.8 Å². The number of aryl methyl sites for hydroxylation is 1. The van der Waals surface area contributed by atoms with Gasteiger partial charge < -0.3 is 4.74 Å². The summed E-state index contributed by atoms with van der Waals surface area (Å²) in [7, 11) is 0. The summed E-state index contributed by atoms with van der Waals surface area (Å²) in [5.41, 5.74) is 2.12. The minimum atomic E-state index is 0.380. The monoisotopic (exact) mass is 364 g/mol. The second kappa shape index (κ2) is 8.41. The summed E-state index contributed by atoms with van der Waals surface area (Å²) in [4.78, 5) is 8.80. The number of ether oxygens (including phenoxy) is 1. The van der Waals surface area contributed by atoms with Gasteiger partial charge in [0.05, 0.1) is 6.10 Å². The molecule has 0 unspecified atom stereocenters. The van der Waals surface area contributed by atoms with Gasteiger partial charge in [0.1, 0.15) is 5.75 Å². The molecule has 0 spiro atoms. The van der Waals surface area contributed by atoms with Crippen LogP contribution in [0.25, 0.3) is 11.4 Å². The van der Waals surface area contributed by atoms with Gasteiger partial charge in [0.2, 0.25) is 0 Å². The first-order valence-corrected chi connectivity index (χ1v) is 10.7. The van der Waals surface area contributed by atoms with Crippen LogP contribution in [0.1, 0.15) is 63.9 Å². The molecule has 2 saturated carbocycles. The molecule has 0 amide bonds. The second-order valence-electron chi connectivity index (χ2n) is 8.78. The number of rotatable bonds is 4. The first kappa shape index (κ1) is 18.5. The van der Waals surface area contributed by atoms with Gasteiger partial charge in [0, 0.05) is 18.0 Å². The lowest BCUT2D eigenvalue weighted by Gasteiger charge is -2.37. The molecule has 1 heterocycles. The minimum Gasteiger partial charge on any atom is -0.490 e. The van der Waals surface area contributed by atoms with E-state index in [-0.39, 0.29) is 0 Å². The zero-order chi connectivity index (χ0) is 18.6. The largest absolute Gasteiger partial charge is 0.490 e. The fraction of sp³-hybridized carbons (Fsp3) is 0.583. The van der Waals surface area contributed by atoms with Crippen molar-refractivity contribution in [1.82, 2.24) is 9.97 Å². The van der Waals surface area contributed by atoms with E-state index in [4.69, 9.17) is 4.74 Å². The molecule has 0 N–H and O–H groups in total. The van der Waals surface area contributed by atoms with Gasteiger partial charge in [-0.2, -0.15) is 0 Å². The highest BCUT2D eigenvalue weighted by Crippen LogP contribution is 2.40. The molecule has 2 aromatic rings. The van der Waals surface area contributed by atoms with Crippen molar-refractivity contribution >= 4 is 0 Å². The maximum atomic E-state index is 6.28. The molecule has 0 bridgehead atoms. The molecule has 2 fully saturated rings. The van der Waals surface area contributed by atoms with Crippen LogP contribution in [0.4, 0.5) is 0 Å². The van der Waals surface area contributed by atoms with Gasteiger partial charge in [-0.25, -0.2) is 9.97 Å². The van der Waals surface area contributed by atoms with Crippen LogP contribution in [0, 0.1) is 24.7 Å². The maximum absolute atomic E-state index is 6.28. The summed E-state index contributed by atoms with van der Waals surface area (Å²) >= 11 is 0. The first-order valence-electron chi connectivity index (χ1n) is 10.7. The van der Waals surface area contributed by atoms with Gasteiger partial charge in [-0.1, -0.05) is 19.8 Å². The molecule has 144 valence electrons. The molecule has 0 atom stereocenters. The smallest absolute Gasteiger partial charge is 0.159 e. The molecule has 3 nitrogen and oxygen atoms in total. The Bertz CT molecular complexity index is 709. The van der Waals surface area contributed by atoms with Gasteiger partial charge >= 0.3 is 0 Å². The average molecular weight is 365 g/mol. The highest BCUT2D eigenvalue weighted by Gasteiger charge is 2.30. The van der Waals surface area contributed by atoms with Crippen LogP contribution in [-0.2, 0) is 0 Å². The van der Waals surface area contributed by atoms with Crippen molar-refractivity contribution in [2.75, 3.05) is 0 Å². The molecule has 0 saturated heterocycles. The Hall–Kier alpha value is -1.90. The van der Waals surface area contributed by atoms with Crippen molar-refractivity contribution in [3.8, 4) is 17.1 Å². The number of hydrogen-bond acceptors (Lipinski definition) is 3. The van der Waals surface area contributed by atoms with Crippen molar-refractivity contribution in [3.05, 3.63) is 42.2 Å². The third-order valence-corrected chi connectivity index (χ3v) is 6.64. The second-order valence-corrected chi connectivity index (χ2v) is 8.78. The molecule has 2 aliphatic carbocycles. The van der Waals surface area contributed by atoms with E-state index in [9.17, 15) is 0 Å². The lowest BCUT2D eigenvalue weighted by Crippen LogP contribution is -2.29. The van der Waals surface area contributed by atoms with Crippen LogP contribution in [-0.4, -0.2) is 16.1 Å². The van der Waals surface area contributed by atoms with Crippen LogP contribution >= 0.6 is 0 Å². The molecule has 1 aromatic carbocycles. The topological polar surface area (TPSA) is 35.0 Å². The summed E-state index contributed by atoms with van der Waals surface area (Å²) in [6, 6.07) is 8.25. The van der Waals surface area contributed by atoms with Crippen LogP contribution in [0.15, 0.2) is 36.7 Å². The van der Waals surface area contributed by atoms with E-state index in [1.54, 1.807) is 0 Å². The number of aromatic nitrogens is 2. The Morgan fingerprint density at radius 2 is 1.33 bits per heavy atom. The third kappa shape index (κ3) is 4.69. The van der Waals surface area contributed by atoms with Crippen LogP contribution in [0.5, 0.6) is 5.75 Å². The highest BCUT2D eigenvalue weighted by atomic mass is 16.5. The van der Waals surface area contributed by atoms with Crippen molar-refractivity contribution in [1.29, 1.82) is 0 Å². The first-order chi connectivity index (χ1) is 13.2. The number of hydrogen-bond donors (Lipinski definition) is 0. The summed E-state index contributed by atoms with van der Waals surface area (Å²) < 4.78 is 6.28. The normalized spacial score (nSPS) is 28.7. The predicted octanol–water partition coefficient (Wildman–Crippen LogP) is 6.22. The van der Waals surface area contributed by atoms with Crippen LogP contribution < -0.4 is 4.74 Å². The third-order valence-electron chi connectivity index (χ3n) is 6.64. The maximum Gasteiger partial charge on any atom is 0.159 e. The number of benzene rings is 1. The van der Waals surface area contributed by atoms with E-state index in [0.717, 1.165) is 40.5 Å². The Balaban J connectivity index is 1.28. The average Bonchev–Trinajstić information content (AvgIpc) is 2.71. The molecular weight excluding hydrogens is 332 g/mol. The van der Waals surface area contributed by atoms with Crippen molar-refractivity contribution in [2.45, 2.75) is 71.3 Å². The standard InChI is InChI=1S/C24H32N2O/c1-17-3-5-19(6-4-17)20-7-11-22(12-8-20)27-23-13-9-21(10-14-23)24-25-15-18(2)16-26-24/h9-10,13-17,19-20,22H,3-8,11-12H2,1-2H3. The highest BCUT2D eigenvalue weighted by molar-refractivity contribution is 5.55. The quantitative estimate of drug-likeness (QED) is 0.646. The van der Waals surface area contributed by atoms with E-state index in [1.165, 1.54) is 51.4 Å². The van der Waals surface area contributed by atoms with Gasteiger partial charge in [-0.15, -0.1) is 0 Å². The van der Waals surface area contributed by atoms with Crippen molar-refractivity contribution < 1.29 is 4.74 Å². The molecular formula is C24H32N2O. The zero-order valence-corrected chi connectivity index (χ0v) is 16.7. The summed E-state index contributed by atoms with van der Waals surface area (Å²) in [5.74, 6) is 4.62. The SMILES string of the molecule is Cc1cnc(-c2ccc(OC3CCC(C4CCC(C)CC4)CC3)cc2)nc1. The van der Waals surface area contributed by atoms with Crippen molar-refractivity contribution in [3.63, 3.8) is 0 Å². The molecule has 3 heteroatoms. The van der Waals surface area contributed by atoms with E-state index in [1.807, 2.05) is 19.3 Å². The van der Waals surface area contributed by atoms with E-state index >= 15 is 0 Å².